The summed E-state index contributed by atoms with van der Waals surface area (Å²) < 4.78 is 0. The first-order valence-corrected chi connectivity index (χ1v) is 10.9. The van der Waals surface area contributed by atoms with Crippen molar-refractivity contribution in [3.8, 4) is 0 Å². The van der Waals surface area contributed by atoms with Crippen LogP contribution in [0.3, 0.4) is 0 Å². The Kier molecular flexibility index (Phi) is 6.25. The number of β-amino-alcohol motifs (C(OH)–C–C–N with tert-alkyl or cyclic N) is 1. The van der Waals surface area contributed by atoms with Gasteiger partial charge >= 0.3 is 6.03 Å². The fourth-order valence-corrected chi connectivity index (χ4v) is 4.54. The molecule has 2 aromatic rings. The van der Waals surface area contributed by atoms with Crippen LogP contribution in [0.15, 0.2) is 60.7 Å². The van der Waals surface area contributed by atoms with Crippen LogP contribution in [-0.2, 0) is 15.1 Å². The third kappa shape index (κ3) is 3.76. The zero-order valence-corrected chi connectivity index (χ0v) is 18.1. The lowest BCUT2D eigenvalue weighted by atomic mass is 9.82. The molecule has 0 aliphatic carbocycles. The van der Waals surface area contributed by atoms with Crippen molar-refractivity contribution < 1.29 is 19.5 Å². The third-order valence-corrected chi connectivity index (χ3v) is 6.31. The zero-order chi connectivity index (χ0) is 22.7. The molecule has 0 aromatic heterocycles. The highest BCUT2D eigenvalue weighted by Gasteiger charge is 2.56. The van der Waals surface area contributed by atoms with Gasteiger partial charge in [-0.05, 0) is 18.1 Å². The fraction of sp³-hybridized carbons (Fsp3) is 0.375. The predicted octanol–water partition coefficient (Wildman–Crippen LogP) is 1.01. The van der Waals surface area contributed by atoms with E-state index in [1.807, 2.05) is 60.7 Å². The number of rotatable bonds is 6. The molecular formula is C24H28N4O4. The van der Waals surface area contributed by atoms with Crippen LogP contribution < -0.4 is 5.32 Å². The van der Waals surface area contributed by atoms with Gasteiger partial charge in [0.05, 0.1) is 6.61 Å². The molecule has 4 amide bonds. The van der Waals surface area contributed by atoms with E-state index < -0.39 is 23.5 Å². The van der Waals surface area contributed by atoms with Crippen molar-refractivity contribution >= 4 is 17.8 Å². The Morgan fingerprint density at radius 1 is 0.969 bits per heavy atom. The van der Waals surface area contributed by atoms with E-state index in [4.69, 9.17) is 5.11 Å². The highest BCUT2D eigenvalue weighted by molar-refractivity contribution is 6.12. The number of aliphatic hydroxyl groups is 1. The number of nitrogens with zero attached hydrogens (tertiary/aromatic N) is 3. The second kappa shape index (κ2) is 9.10. The Hall–Kier alpha value is -3.23. The second-order valence-electron chi connectivity index (χ2n) is 8.15. The summed E-state index contributed by atoms with van der Waals surface area (Å²) in [5.41, 5.74) is -0.0952. The summed E-state index contributed by atoms with van der Waals surface area (Å²) in [6.07, 6.45) is 0. The summed E-state index contributed by atoms with van der Waals surface area (Å²) in [5, 5.41) is 12.0. The van der Waals surface area contributed by atoms with Crippen molar-refractivity contribution in [2.24, 2.45) is 0 Å². The molecule has 0 radical (unpaired) electrons. The van der Waals surface area contributed by atoms with Crippen molar-refractivity contribution in [3.05, 3.63) is 71.8 Å². The second-order valence-corrected chi connectivity index (χ2v) is 8.15. The minimum absolute atomic E-state index is 0.0772. The highest BCUT2D eigenvalue weighted by atomic mass is 16.3. The fourth-order valence-electron chi connectivity index (χ4n) is 4.54. The Labute approximate surface area is 187 Å². The molecule has 0 spiro atoms. The molecule has 2 aromatic carbocycles. The number of benzene rings is 2. The Morgan fingerprint density at radius 3 is 2.00 bits per heavy atom. The van der Waals surface area contributed by atoms with Crippen LogP contribution in [0.25, 0.3) is 0 Å². The van der Waals surface area contributed by atoms with E-state index in [1.165, 1.54) is 0 Å². The average molecular weight is 437 g/mol. The first-order valence-electron chi connectivity index (χ1n) is 10.9. The van der Waals surface area contributed by atoms with Crippen LogP contribution >= 0.6 is 0 Å². The number of urea groups is 1. The van der Waals surface area contributed by atoms with Crippen LogP contribution in [0.4, 0.5) is 4.79 Å². The molecule has 1 unspecified atom stereocenters. The molecule has 32 heavy (non-hydrogen) atoms. The van der Waals surface area contributed by atoms with Gasteiger partial charge < -0.3 is 15.3 Å². The molecule has 4 rings (SSSR count). The molecule has 2 aliphatic heterocycles. The number of carbonyl (C=O) groups excluding carboxylic acids is 3. The highest BCUT2D eigenvalue weighted by Crippen LogP contribution is 2.37. The number of aliphatic hydroxyl groups excluding tert-OH is 1. The van der Waals surface area contributed by atoms with Gasteiger partial charge in [-0.25, -0.2) is 9.69 Å². The summed E-state index contributed by atoms with van der Waals surface area (Å²) in [4.78, 5) is 45.0. The topological polar surface area (TPSA) is 93.2 Å². The van der Waals surface area contributed by atoms with E-state index in [2.05, 4.69) is 10.2 Å². The van der Waals surface area contributed by atoms with Crippen LogP contribution in [0.1, 0.15) is 18.1 Å². The third-order valence-electron chi connectivity index (χ3n) is 6.31. The molecule has 8 heteroatoms. The molecule has 2 heterocycles. The number of hydrogen-bond acceptors (Lipinski definition) is 5. The van der Waals surface area contributed by atoms with Gasteiger partial charge in [0.25, 0.3) is 5.91 Å². The van der Waals surface area contributed by atoms with Crippen molar-refractivity contribution in [2.75, 3.05) is 39.3 Å². The van der Waals surface area contributed by atoms with E-state index in [0.29, 0.717) is 43.9 Å². The summed E-state index contributed by atoms with van der Waals surface area (Å²) in [6.45, 7) is 4.54. The molecule has 0 saturated carbocycles. The number of hydrogen-bond donors (Lipinski definition) is 2. The minimum atomic E-state index is -1.38. The molecule has 2 fully saturated rings. The Bertz CT molecular complexity index is 935. The van der Waals surface area contributed by atoms with Gasteiger partial charge in [-0.15, -0.1) is 0 Å². The molecule has 168 valence electrons. The summed E-state index contributed by atoms with van der Waals surface area (Å²) in [7, 11) is 0. The van der Waals surface area contributed by atoms with Crippen molar-refractivity contribution in [1.29, 1.82) is 0 Å². The van der Waals surface area contributed by atoms with Crippen LogP contribution in [0.2, 0.25) is 0 Å². The maximum absolute atomic E-state index is 13.8. The molecular weight excluding hydrogens is 408 g/mol. The van der Waals surface area contributed by atoms with Crippen LogP contribution in [0, 0.1) is 0 Å². The standard InChI is InChI=1S/C24H28N4O4/c1-18(21(30)27-14-12-26(13-15-27)16-17-29)28-22(31)24(25-23(28)32,19-8-4-2-5-9-19)20-10-6-3-7-11-20/h2-11,18,29H,12-17H2,1H3,(H,25,32). The number of imide groups is 1. The number of nitrogens with one attached hydrogen (secondary N) is 1. The maximum atomic E-state index is 13.8. The van der Waals surface area contributed by atoms with E-state index in [9.17, 15) is 14.4 Å². The lowest BCUT2D eigenvalue weighted by Gasteiger charge is -2.36. The van der Waals surface area contributed by atoms with Crippen molar-refractivity contribution in [1.82, 2.24) is 20.0 Å². The summed E-state index contributed by atoms with van der Waals surface area (Å²) in [6, 6.07) is 16.7. The van der Waals surface area contributed by atoms with Gasteiger partial charge in [-0.2, -0.15) is 0 Å². The van der Waals surface area contributed by atoms with Crippen molar-refractivity contribution in [2.45, 2.75) is 18.5 Å². The van der Waals surface area contributed by atoms with E-state index in [0.717, 1.165) is 4.90 Å². The number of carbonyl (C=O) groups is 3. The summed E-state index contributed by atoms with van der Waals surface area (Å²) in [5.74, 6) is -0.714. The largest absolute Gasteiger partial charge is 0.395 e. The van der Waals surface area contributed by atoms with Crippen LogP contribution in [0.5, 0.6) is 0 Å². The Morgan fingerprint density at radius 2 is 1.50 bits per heavy atom. The SMILES string of the molecule is CC(C(=O)N1CCN(CCO)CC1)N1C(=O)NC(c2ccccc2)(c2ccccc2)C1=O. The molecule has 8 nitrogen and oxygen atoms in total. The predicted molar refractivity (Wildman–Crippen MR) is 119 cm³/mol. The van der Waals surface area contributed by atoms with Crippen LogP contribution in [-0.4, -0.2) is 83.0 Å². The van der Waals surface area contributed by atoms with Gasteiger partial charge in [-0.1, -0.05) is 60.7 Å². The molecule has 2 N–H and O–H groups in total. The number of piperazine rings is 1. The van der Waals surface area contributed by atoms with E-state index >= 15 is 0 Å². The molecule has 2 aliphatic rings. The monoisotopic (exact) mass is 436 g/mol. The minimum Gasteiger partial charge on any atom is -0.395 e. The molecule has 2 saturated heterocycles. The zero-order valence-electron chi connectivity index (χ0n) is 18.1. The van der Waals surface area contributed by atoms with Gasteiger partial charge in [0.15, 0.2) is 5.54 Å². The normalized spacial score (nSPS) is 19.7. The maximum Gasteiger partial charge on any atom is 0.326 e. The van der Waals surface area contributed by atoms with Gasteiger partial charge in [0.2, 0.25) is 5.91 Å². The molecule has 0 bridgehead atoms. The molecule has 1 atom stereocenters. The smallest absolute Gasteiger partial charge is 0.326 e. The summed E-state index contributed by atoms with van der Waals surface area (Å²) >= 11 is 0. The van der Waals surface area contributed by atoms with Gasteiger partial charge in [0, 0.05) is 32.7 Å². The lowest BCUT2D eigenvalue weighted by Crippen LogP contribution is -2.56. The van der Waals surface area contributed by atoms with E-state index in [1.54, 1.807) is 11.8 Å². The quantitative estimate of drug-likeness (QED) is 0.660. The number of amides is 4. The first-order chi connectivity index (χ1) is 15.5. The first kappa shape index (κ1) is 22.0. The average Bonchev–Trinajstić information content (AvgIpc) is 3.11. The van der Waals surface area contributed by atoms with Gasteiger partial charge in [-0.3, -0.25) is 14.5 Å². The van der Waals surface area contributed by atoms with Gasteiger partial charge in [0.1, 0.15) is 6.04 Å². The van der Waals surface area contributed by atoms with E-state index in [-0.39, 0.29) is 12.5 Å². The Balaban J connectivity index is 1.62. The van der Waals surface area contributed by atoms with Crippen molar-refractivity contribution in [3.63, 3.8) is 0 Å². The lowest BCUT2D eigenvalue weighted by molar-refractivity contribution is -0.143.